The zero-order valence-electron chi connectivity index (χ0n) is 15.0. The highest BCUT2D eigenvalue weighted by atomic mass is 16.5. The zero-order chi connectivity index (χ0) is 18.1. The standard InChI is InChI=1S/C17H26N4O4/c1-4-5-10(2)20-8-12(6-15(20)23)17(24)21-9-13(22)7-14(21)16-18-11(3)19-25-16/h10,12-14,22H,4-9H2,1-3H3/t10?,12?,13-,14-/m1/s1. The summed E-state index contributed by atoms with van der Waals surface area (Å²) in [6.45, 7) is 6.51. The third-order valence-corrected chi connectivity index (χ3v) is 5.14. The number of hydrogen-bond acceptors (Lipinski definition) is 6. The lowest BCUT2D eigenvalue weighted by molar-refractivity contribution is -0.137. The van der Waals surface area contributed by atoms with Gasteiger partial charge in [-0.25, -0.2) is 0 Å². The molecule has 1 aromatic heterocycles. The number of amides is 2. The van der Waals surface area contributed by atoms with Crippen LogP contribution in [0.5, 0.6) is 0 Å². The molecule has 0 aliphatic carbocycles. The van der Waals surface area contributed by atoms with Gasteiger partial charge in [-0.3, -0.25) is 9.59 Å². The van der Waals surface area contributed by atoms with Crippen molar-refractivity contribution in [3.05, 3.63) is 11.7 Å². The molecule has 1 aromatic rings. The summed E-state index contributed by atoms with van der Waals surface area (Å²) in [6, 6.07) is -0.269. The van der Waals surface area contributed by atoms with Crippen LogP contribution >= 0.6 is 0 Å². The molecule has 138 valence electrons. The highest BCUT2D eigenvalue weighted by Gasteiger charge is 2.44. The van der Waals surface area contributed by atoms with Gasteiger partial charge in [0.15, 0.2) is 5.82 Å². The van der Waals surface area contributed by atoms with E-state index in [0.717, 1.165) is 12.8 Å². The number of aliphatic hydroxyl groups excluding tert-OH is 1. The first kappa shape index (κ1) is 17.8. The van der Waals surface area contributed by atoms with Gasteiger partial charge in [-0.2, -0.15) is 4.98 Å². The van der Waals surface area contributed by atoms with Crippen LogP contribution in [0.25, 0.3) is 0 Å². The van der Waals surface area contributed by atoms with Crippen molar-refractivity contribution in [2.24, 2.45) is 5.92 Å². The Hall–Kier alpha value is -1.96. The molecule has 3 rings (SSSR count). The van der Waals surface area contributed by atoms with Gasteiger partial charge in [0.2, 0.25) is 17.7 Å². The smallest absolute Gasteiger partial charge is 0.249 e. The number of aryl methyl sites for hydroxylation is 1. The summed E-state index contributed by atoms with van der Waals surface area (Å²) >= 11 is 0. The minimum atomic E-state index is -0.617. The van der Waals surface area contributed by atoms with Gasteiger partial charge >= 0.3 is 0 Å². The maximum atomic E-state index is 13.0. The number of rotatable bonds is 5. The Morgan fingerprint density at radius 1 is 1.44 bits per heavy atom. The Morgan fingerprint density at radius 3 is 2.84 bits per heavy atom. The Bertz CT molecular complexity index is 646. The van der Waals surface area contributed by atoms with Crippen LogP contribution in [0, 0.1) is 12.8 Å². The number of carbonyl (C=O) groups excluding carboxylic acids is 2. The highest BCUT2D eigenvalue weighted by Crippen LogP contribution is 2.34. The van der Waals surface area contributed by atoms with Gasteiger partial charge in [0.05, 0.1) is 12.0 Å². The van der Waals surface area contributed by atoms with E-state index >= 15 is 0 Å². The SMILES string of the molecule is CCCC(C)N1CC(C(=O)N2C[C@H](O)C[C@@H]2c2nc(C)no2)CC1=O. The van der Waals surface area contributed by atoms with Gasteiger partial charge in [-0.05, 0) is 20.3 Å². The molecule has 0 aromatic carbocycles. The van der Waals surface area contributed by atoms with Crippen molar-refractivity contribution in [2.75, 3.05) is 13.1 Å². The predicted molar refractivity (Wildman–Crippen MR) is 88.3 cm³/mol. The highest BCUT2D eigenvalue weighted by molar-refractivity contribution is 5.89. The molecule has 1 N–H and O–H groups in total. The van der Waals surface area contributed by atoms with E-state index < -0.39 is 12.1 Å². The molecule has 2 saturated heterocycles. The Morgan fingerprint density at radius 2 is 2.20 bits per heavy atom. The molecular weight excluding hydrogens is 324 g/mol. The summed E-state index contributed by atoms with van der Waals surface area (Å²) in [4.78, 5) is 32.9. The van der Waals surface area contributed by atoms with E-state index in [0.29, 0.717) is 24.7 Å². The number of aliphatic hydroxyl groups is 1. The van der Waals surface area contributed by atoms with Crippen LogP contribution in [-0.4, -0.2) is 62.1 Å². The molecule has 2 aliphatic heterocycles. The predicted octanol–water partition coefficient (Wildman–Crippen LogP) is 1.05. The number of aromatic nitrogens is 2. The second kappa shape index (κ2) is 7.11. The average molecular weight is 350 g/mol. The summed E-state index contributed by atoms with van der Waals surface area (Å²) in [5, 5.41) is 13.8. The van der Waals surface area contributed by atoms with Crippen LogP contribution in [0.3, 0.4) is 0 Å². The van der Waals surface area contributed by atoms with Gasteiger partial charge in [0, 0.05) is 32.0 Å². The summed E-state index contributed by atoms with van der Waals surface area (Å²) in [5.74, 6) is 0.395. The summed E-state index contributed by atoms with van der Waals surface area (Å²) < 4.78 is 5.21. The average Bonchev–Trinajstić information content (AvgIpc) is 3.25. The molecule has 2 unspecified atom stereocenters. The van der Waals surface area contributed by atoms with Gasteiger partial charge in [-0.1, -0.05) is 18.5 Å². The minimum Gasteiger partial charge on any atom is -0.391 e. The molecule has 2 fully saturated rings. The van der Waals surface area contributed by atoms with E-state index in [1.165, 1.54) is 0 Å². The van der Waals surface area contributed by atoms with Crippen LogP contribution < -0.4 is 0 Å². The van der Waals surface area contributed by atoms with Crippen molar-refractivity contribution >= 4 is 11.8 Å². The molecular formula is C17H26N4O4. The number of nitrogens with zero attached hydrogens (tertiary/aromatic N) is 4. The molecule has 0 radical (unpaired) electrons. The summed E-state index contributed by atoms with van der Waals surface area (Å²) in [7, 11) is 0. The summed E-state index contributed by atoms with van der Waals surface area (Å²) in [6.07, 6.45) is 1.92. The van der Waals surface area contributed by atoms with Crippen LogP contribution in [0.4, 0.5) is 0 Å². The maximum absolute atomic E-state index is 13.0. The second-order valence-corrected chi connectivity index (χ2v) is 7.16. The summed E-state index contributed by atoms with van der Waals surface area (Å²) in [5.41, 5.74) is 0. The topological polar surface area (TPSA) is 99.8 Å². The Balaban J connectivity index is 1.72. The molecule has 4 atom stereocenters. The number of hydrogen-bond donors (Lipinski definition) is 1. The van der Waals surface area contributed by atoms with Gasteiger partial charge in [0.25, 0.3) is 0 Å². The van der Waals surface area contributed by atoms with Crippen LogP contribution in [0.2, 0.25) is 0 Å². The zero-order valence-corrected chi connectivity index (χ0v) is 15.0. The first-order valence-electron chi connectivity index (χ1n) is 8.98. The monoisotopic (exact) mass is 350 g/mol. The second-order valence-electron chi connectivity index (χ2n) is 7.16. The van der Waals surface area contributed by atoms with E-state index in [1.54, 1.807) is 11.8 Å². The maximum Gasteiger partial charge on any atom is 0.249 e. The van der Waals surface area contributed by atoms with Gasteiger partial charge in [0.1, 0.15) is 6.04 Å². The lowest BCUT2D eigenvalue weighted by Gasteiger charge is -2.26. The van der Waals surface area contributed by atoms with E-state index in [9.17, 15) is 14.7 Å². The van der Waals surface area contributed by atoms with E-state index in [-0.39, 0.29) is 36.7 Å². The van der Waals surface area contributed by atoms with E-state index in [4.69, 9.17) is 4.52 Å². The van der Waals surface area contributed by atoms with Crippen molar-refractivity contribution in [3.63, 3.8) is 0 Å². The number of likely N-dealkylation sites (tertiary alicyclic amines) is 2. The molecule has 3 heterocycles. The first-order chi connectivity index (χ1) is 11.9. The fraction of sp³-hybridized carbons (Fsp3) is 0.765. The molecule has 2 aliphatic rings. The van der Waals surface area contributed by atoms with Gasteiger partial charge in [-0.15, -0.1) is 0 Å². The largest absolute Gasteiger partial charge is 0.391 e. The number of carbonyl (C=O) groups is 2. The Kier molecular flexibility index (Phi) is 5.08. The number of β-amino-alcohol motifs (C(OH)–C–C–N with tert-alkyl or cyclic N) is 1. The molecule has 8 heteroatoms. The van der Waals surface area contributed by atoms with Gasteiger partial charge < -0.3 is 19.4 Å². The molecule has 25 heavy (non-hydrogen) atoms. The molecule has 0 spiro atoms. The fourth-order valence-electron chi connectivity index (χ4n) is 3.87. The molecule has 2 amide bonds. The quantitative estimate of drug-likeness (QED) is 0.852. The third-order valence-electron chi connectivity index (χ3n) is 5.14. The molecule has 8 nitrogen and oxygen atoms in total. The van der Waals surface area contributed by atoms with Crippen molar-refractivity contribution in [3.8, 4) is 0 Å². The molecule has 0 saturated carbocycles. The van der Waals surface area contributed by atoms with Crippen molar-refractivity contribution in [2.45, 2.75) is 64.6 Å². The van der Waals surface area contributed by atoms with Crippen LogP contribution in [0.1, 0.15) is 57.3 Å². The minimum absolute atomic E-state index is 0.0317. The van der Waals surface area contributed by atoms with Crippen molar-refractivity contribution < 1.29 is 19.2 Å². The van der Waals surface area contributed by atoms with Crippen LogP contribution in [0.15, 0.2) is 4.52 Å². The Labute approximate surface area is 147 Å². The van der Waals surface area contributed by atoms with Crippen LogP contribution in [-0.2, 0) is 9.59 Å². The van der Waals surface area contributed by atoms with E-state index in [2.05, 4.69) is 17.1 Å². The lowest BCUT2D eigenvalue weighted by atomic mass is 10.1. The van der Waals surface area contributed by atoms with Crippen molar-refractivity contribution in [1.82, 2.24) is 19.9 Å². The lowest BCUT2D eigenvalue weighted by Crippen LogP contribution is -2.39. The normalized spacial score (nSPS) is 28.0. The van der Waals surface area contributed by atoms with E-state index in [1.807, 2.05) is 11.8 Å². The first-order valence-corrected chi connectivity index (χ1v) is 8.98. The molecule has 0 bridgehead atoms. The van der Waals surface area contributed by atoms with Crippen molar-refractivity contribution in [1.29, 1.82) is 0 Å². The fourth-order valence-corrected chi connectivity index (χ4v) is 3.87. The third kappa shape index (κ3) is 3.53.